The van der Waals surface area contributed by atoms with Crippen LogP contribution in [0.2, 0.25) is 0 Å². The molecular formula is C12H13NO2. The summed E-state index contributed by atoms with van der Waals surface area (Å²) < 4.78 is 0. The third-order valence-electron chi connectivity index (χ3n) is 2.76. The maximum atomic E-state index is 12.0. The van der Waals surface area contributed by atoms with E-state index in [2.05, 4.69) is 4.98 Å². The van der Waals surface area contributed by atoms with Crippen LogP contribution in [0.25, 0.3) is 0 Å². The first-order valence-electron chi connectivity index (χ1n) is 4.86. The average molecular weight is 203 g/mol. The molecule has 0 aliphatic heterocycles. The zero-order valence-corrected chi connectivity index (χ0v) is 9.03. The molecule has 0 unspecified atom stereocenters. The Balaban J connectivity index is 2.77. The van der Waals surface area contributed by atoms with Crippen LogP contribution in [0.15, 0.2) is 29.5 Å². The highest BCUT2D eigenvalue weighted by molar-refractivity contribution is 6.14. The fourth-order valence-corrected chi connectivity index (χ4v) is 2.17. The van der Waals surface area contributed by atoms with Gasteiger partial charge in [0.2, 0.25) is 5.78 Å². The van der Waals surface area contributed by atoms with E-state index in [-0.39, 0.29) is 5.78 Å². The molecular weight excluding hydrogens is 190 g/mol. The SMILES string of the molecule is CC(C)=C1C(=O)c2ncccc2[C@]1(C)O. The third kappa shape index (κ3) is 1.23. The van der Waals surface area contributed by atoms with Gasteiger partial charge in [-0.05, 0) is 26.8 Å². The lowest BCUT2D eigenvalue weighted by Crippen LogP contribution is -2.21. The summed E-state index contributed by atoms with van der Waals surface area (Å²) in [5.74, 6) is -0.157. The number of ketones is 1. The van der Waals surface area contributed by atoms with E-state index in [1.54, 1.807) is 25.3 Å². The maximum Gasteiger partial charge on any atom is 0.210 e. The Morgan fingerprint density at radius 3 is 2.67 bits per heavy atom. The van der Waals surface area contributed by atoms with E-state index < -0.39 is 5.60 Å². The number of allylic oxidation sites excluding steroid dienone is 1. The molecule has 0 radical (unpaired) electrons. The number of Topliss-reactive ketones (excluding diaryl/α,β-unsaturated/α-hetero) is 1. The summed E-state index contributed by atoms with van der Waals surface area (Å²) in [6.07, 6.45) is 1.57. The van der Waals surface area contributed by atoms with Gasteiger partial charge in [0.15, 0.2) is 0 Å². The molecule has 1 aromatic heterocycles. The number of aromatic nitrogens is 1. The van der Waals surface area contributed by atoms with Crippen molar-refractivity contribution in [1.82, 2.24) is 4.98 Å². The van der Waals surface area contributed by atoms with Crippen LogP contribution >= 0.6 is 0 Å². The third-order valence-corrected chi connectivity index (χ3v) is 2.76. The van der Waals surface area contributed by atoms with E-state index in [4.69, 9.17) is 0 Å². The Morgan fingerprint density at radius 2 is 2.13 bits per heavy atom. The Hall–Kier alpha value is -1.48. The largest absolute Gasteiger partial charge is 0.380 e. The van der Waals surface area contributed by atoms with Crippen molar-refractivity contribution in [2.75, 3.05) is 0 Å². The van der Waals surface area contributed by atoms with Crippen LogP contribution in [-0.4, -0.2) is 15.9 Å². The zero-order chi connectivity index (χ0) is 11.2. The van der Waals surface area contributed by atoms with E-state index in [0.717, 1.165) is 5.57 Å². The van der Waals surface area contributed by atoms with E-state index in [9.17, 15) is 9.90 Å². The number of hydrogen-bond acceptors (Lipinski definition) is 3. The van der Waals surface area contributed by atoms with Crippen molar-refractivity contribution in [3.63, 3.8) is 0 Å². The molecule has 0 amide bonds. The highest BCUT2D eigenvalue weighted by Crippen LogP contribution is 2.40. The number of pyridine rings is 1. The standard InChI is InChI=1S/C12H13NO2/c1-7(2)9-11(14)10-8(12(9,3)15)5-4-6-13-10/h4-6,15H,1-3H3/t12-/m0/s1. The second-order valence-electron chi connectivity index (χ2n) is 4.18. The van der Waals surface area contributed by atoms with Gasteiger partial charge in [-0.2, -0.15) is 0 Å². The molecule has 3 nitrogen and oxygen atoms in total. The molecule has 0 saturated heterocycles. The smallest absolute Gasteiger partial charge is 0.210 e. The molecule has 1 aliphatic rings. The molecule has 78 valence electrons. The van der Waals surface area contributed by atoms with Crippen LogP contribution in [0.3, 0.4) is 0 Å². The maximum absolute atomic E-state index is 12.0. The lowest BCUT2D eigenvalue weighted by atomic mass is 9.92. The molecule has 1 aliphatic carbocycles. The van der Waals surface area contributed by atoms with Crippen molar-refractivity contribution in [2.45, 2.75) is 26.4 Å². The van der Waals surface area contributed by atoms with Crippen molar-refractivity contribution in [2.24, 2.45) is 0 Å². The molecule has 2 rings (SSSR count). The van der Waals surface area contributed by atoms with Gasteiger partial charge >= 0.3 is 0 Å². The van der Waals surface area contributed by atoms with Crippen molar-refractivity contribution in [3.05, 3.63) is 40.7 Å². The first-order chi connectivity index (χ1) is 6.96. The van der Waals surface area contributed by atoms with Gasteiger partial charge < -0.3 is 5.11 Å². The summed E-state index contributed by atoms with van der Waals surface area (Å²) in [7, 11) is 0. The predicted octanol–water partition coefficient (Wildman–Crippen LogP) is 1.82. The molecule has 0 spiro atoms. The van der Waals surface area contributed by atoms with Gasteiger partial charge in [0.25, 0.3) is 0 Å². The van der Waals surface area contributed by atoms with Crippen molar-refractivity contribution in [3.8, 4) is 0 Å². The molecule has 0 saturated carbocycles. The average Bonchev–Trinajstić information content (AvgIpc) is 2.36. The fraction of sp³-hybridized carbons (Fsp3) is 0.333. The molecule has 0 fully saturated rings. The van der Waals surface area contributed by atoms with Gasteiger partial charge in [0, 0.05) is 17.3 Å². The summed E-state index contributed by atoms with van der Waals surface area (Å²) >= 11 is 0. The van der Waals surface area contributed by atoms with E-state index in [0.29, 0.717) is 16.8 Å². The fourth-order valence-electron chi connectivity index (χ4n) is 2.17. The van der Waals surface area contributed by atoms with Crippen LogP contribution < -0.4 is 0 Å². The number of carbonyl (C=O) groups is 1. The summed E-state index contributed by atoms with van der Waals surface area (Å²) in [6.45, 7) is 5.29. The summed E-state index contributed by atoms with van der Waals surface area (Å²) in [4.78, 5) is 16.0. The lowest BCUT2D eigenvalue weighted by molar-refractivity contribution is 0.0862. The topological polar surface area (TPSA) is 50.2 Å². The molecule has 3 heteroatoms. The Kier molecular flexibility index (Phi) is 2.01. The van der Waals surface area contributed by atoms with Gasteiger partial charge in [0.1, 0.15) is 11.3 Å². The molecule has 1 atom stereocenters. The van der Waals surface area contributed by atoms with Gasteiger partial charge in [-0.15, -0.1) is 0 Å². The van der Waals surface area contributed by atoms with Crippen LogP contribution in [0, 0.1) is 0 Å². The number of nitrogens with zero attached hydrogens (tertiary/aromatic N) is 1. The van der Waals surface area contributed by atoms with Crippen molar-refractivity contribution >= 4 is 5.78 Å². The predicted molar refractivity (Wildman–Crippen MR) is 56.5 cm³/mol. The second-order valence-corrected chi connectivity index (χ2v) is 4.18. The number of hydrogen-bond donors (Lipinski definition) is 1. The van der Waals surface area contributed by atoms with Crippen molar-refractivity contribution < 1.29 is 9.90 Å². The van der Waals surface area contributed by atoms with E-state index >= 15 is 0 Å². The summed E-state index contributed by atoms with van der Waals surface area (Å²) in [5.41, 5.74) is 1.07. The lowest BCUT2D eigenvalue weighted by Gasteiger charge is -2.19. The van der Waals surface area contributed by atoms with Crippen LogP contribution in [0.5, 0.6) is 0 Å². The number of rotatable bonds is 0. The summed E-state index contributed by atoms with van der Waals surface area (Å²) in [5, 5.41) is 10.3. The zero-order valence-electron chi connectivity index (χ0n) is 9.03. The van der Waals surface area contributed by atoms with Crippen molar-refractivity contribution in [1.29, 1.82) is 0 Å². The van der Waals surface area contributed by atoms with Crippen LogP contribution in [-0.2, 0) is 5.60 Å². The normalized spacial score (nSPS) is 24.3. The molecule has 1 heterocycles. The van der Waals surface area contributed by atoms with E-state index in [1.807, 2.05) is 13.8 Å². The van der Waals surface area contributed by atoms with Gasteiger partial charge in [-0.25, -0.2) is 0 Å². The van der Waals surface area contributed by atoms with Gasteiger partial charge in [-0.1, -0.05) is 11.6 Å². The second kappa shape index (κ2) is 3.00. The number of fused-ring (bicyclic) bond motifs is 1. The van der Waals surface area contributed by atoms with Crippen LogP contribution in [0.1, 0.15) is 36.8 Å². The minimum atomic E-state index is -1.19. The molecule has 1 aromatic rings. The van der Waals surface area contributed by atoms with Gasteiger partial charge in [-0.3, -0.25) is 9.78 Å². The molecule has 0 bridgehead atoms. The molecule has 0 aromatic carbocycles. The number of aliphatic hydroxyl groups is 1. The highest BCUT2D eigenvalue weighted by Gasteiger charge is 2.44. The minimum Gasteiger partial charge on any atom is -0.380 e. The first kappa shape index (κ1) is 10.1. The Bertz CT molecular complexity index is 468. The minimum absolute atomic E-state index is 0.157. The molecule has 1 N–H and O–H groups in total. The first-order valence-corrected chi connectivity index (χ1v) is 4.86. The van der Waals surface area contributed by atoms with E-state index in [1.165, 1.54) is 0 Å². The number of carbonyl (C=O) groups excluding carboxylic acids is 1. The monoisotopic (exact) mass is 203 g/mol. The quantitative estimate of drug-likeness (QED) is 0.654. The van der Waals surface area contributed by atoms with Gasteiger partial charge in [0.05, 0.1) is 0 Å². The molecule has 15 heavy (non-hydrogen) atoms. The Labute approximate surface area is 88.5 Å². The summed E-state index contributed by atoms with van der Waals surface area (Å²) in [6, 6.07) is 3.48. The Morgan fingerprint density at radius 1 is 1.47 bits per heavy atom. The highest BCUT2D eigenvalue weighted by atomic mass is 16.3. The van der Waals surface area contributed by atoms with Crippen LogP contribution in [0.4, 0.5) is 0 Å².